The SMILES string of the molecule is CC(=O)CCc1ccc(OCCCCCC(F)F)cc1. The van der Waals surface area contributed by atoms with E-state index in [0.29, 0.717) is 19.4 Å². The van der Waals surface area contributed by atoms with E-state index in [9.17, 15) is 13.6 Å². The number of aryl methyl sites for hydroxylation is 1. The lowest BCUT2D eigenvalue weighted by molar-refractivity contribution is -0.116. The van der Waals surface area contributed by atoms with Gasteiger partial charge in [0, 0.05) is 12.8 Å². The fourth-order valence-corrected chi connectivity index (χ4v) is 1.84. The summed E-state index contributed by atoms with van der Waals surface area (Å²) >= 11 is 0. The first-order valence-corrected chi connectivity index (χ1v) is 7.07. The minimum Gasteiger partial charge on any atom is -0.494 e. The predicted octanol–water partition coefficient (Wildman–Crippen LogP) is 4.41. The Hall–Kier alpha value is -1.45. The van der Waals surface area contributed by atoms with Crippen molar-refractivity contribution in [2.75, 3.05) is 6.61 Å². The van der Waals surface area contributed by atoms with Crippen molar-refractivity contribution in [1.82, 2.24) is 0 Å². The van der Waals surface area contributed by atoms with E-state index in [1.165, 1.54) is 0 Å². The molecule has 0 N–H and O–H groups in total. The van der Waals surface area contributed by atoms with Gasteiger partial charge >= 0.3 is 0 Å². The highest BCUT2D eigenvalue weighted by molar-refractivity contribution is 5.75. The molecule has 1 rings (SSSR count). The van der Waals surface area contributed by atoms with Crippen LogP contribution in [0.2, 0.25) is 0 Å². The summed E-state index contributed by atoms with van der Waals surface area (Å²) in [6, 6.07) is 7.67. The highest BCUT2D eigenvalue weighted by Crippen LogP contribution is 2.14. The van der Waals surface area contributed by atoms with Gasteiger partial charge in [0.05, 0.1) is 6.61 Å². The number of carbonyl (C=O) groups is 1. The third-order valence-electron chi connectivity index (χ3n) is 3.02. The average Bonchev–Trinajstić information content (AvgIpc) is 2.41. The fraction of sp³-hybridized carbons (Fsp3) is 0.562. The Balaban J connectivity index is 2.16. The Morgan fingerprint density at radius 1 is 1.15 bits per heavy atom. The first-order valence-electron chi connectivity index (χ1n) is 7.07. The van der Waals surface area contributed by atoms with Gasteiger partial charge in [-0.15, -0.1) is 0 Å². The number of carbonyl (C=O) groups excluding carboxylic acids is 1. The number of ketones is 1. The maximum absolute atomic E-state index is 11.9. The third-order valence-corrected chi connectivity index (χ3v) is 3.02. The molecule has 0 aliphatic carbocycles. The molecule has 0 aromatic heterocycles. The lowest BCUT2D eigenvalue weighted by atomic mass is 10.1. The molecule has 0 saturated heterocycles. The Bertz CT molecular complexity index is 388. The zero-order valence-electron chi connectivity index (χ0n) is 11.9. The van der Waals surface area contributed by atoms with Gasteiger partial charge in [0.2, 0.25) is 6.43 Å². The summed E-state index contributed by atoms with van der Waals surface area (Å²) < 4.78 is 29.4. The Morgan fingerprint density at radius 2 is 1.85 bits per heavy atom. The zero-order chi connectivity index (χ0) is 14.8. The van der Waals surface area contributed by atoms with E-state index in [1.54, 1.807) is 6.92 Å². The van der Waals surface area contributed by atoms with Gasteiger partial charge in [0.25, 0.3) is 0 Å². The third kappa shape index (κ3) is 7.87. The van der Waals surface area contributed by atoms with Crippen molar-refractivity contribution in [3.05, 3.63) is 29.8 Å². The van der Waals surface area contributed by atoms with E-state index >= 15 is 0 Å². The maximum Gasteiger partial charge on any atom is 0.238 e. The molecular formula is C16H22F2O2. The molecule has 4 heteroatoms. The van der Waals surface area contributed by atoms with Crippen LogP contribution < -0.4 is 4.74 Å². The molecule has 0 aliphatic heterocycles. The van der Waals surface area contributed by atoms with Crippen LogP contribution in [0.5, 0.6) is 5.75 Å². The summed E-state index contributed by atoms with van der Waals surface area (Å²) in [6.07, 6.45) is 1.20. The van der Waals surface area contributed by atoms with Crippen molar-refractivity contribution in [1.29, 1.82) is 0 Å². The topological polar surface area (TPSA) is 26.3 Å². The van der Waals surface area contributed by atoms with Crippen molar-refractivity contribution in [2.45, 2.75) is 51.9 Å². The van der Waals surface area contributed by atoms with Crippen LogP contribution in [0.4, 0.5) is 8.78 Å². The van der Waals surface area contributed by atoms with E-state index in [0.717, 1.165) is 30.6 Å². The van der Waals surface area contributed by atoms with Crippen molar-refractivity contribution in [3.63, 3.8) is 0 Å². The number of hydrogen-bond donors (Lipinski definition) is 0. The highest BCUT2D eigenvalue weighted by Gasteiger charge is 2.01. The van der Waals surface area contributed by atoms with Crippen molar-refractivity contribution in [2.24, 2.45) is 0 Å². The molecule has 0 fully saturated rings. The van der Waals surface area contributed by atoms with Crippen LogP contribution in [0.1, 0.15) is 44.6 Å². The van der Waals surface area contributed by atoms with E-state index in [4.69, 9.17) is 4.74 Å². The Morgan fingerprint density at radius 3 is 2.45 bits per heavy atom. The van der Waals surface area contributed by atoms with Crippen molar-refractivity contribution in [3.8, 4) is 5.75 Å². The molecule has 1 aromatic carbocycles. The van der Waals surface area contributed by atoms with Gasteiger partial charge in [-0.2, -0.15) is 0 Å². The van der Waals surface area contributed by atoms with E-state index in [-0.39, 0.29) is 12.2 Å². The lowest BCUT2D eigenvalue weighted by Gasteiger charge is -2.07. The molecule has 0 radical (unpaired) electrons. The number of benzene rings is 1. The minimum absolute atomic E-state index is 0.0230. The summed E-state index contributed by atoms with van der Waals surface area (Å²) in [4.78, 5) is 10.9. The fourth-order valence-electron chi connectivity index (χ4n) is 1.84. The van der Waals surface area contributed by atoms with Crippen LogP contribution in [0, 0.1) is 0 Å². The molecule has 0 atom stereocenters. The highest BCUT2D eigenvalue weighted by atomic mass is 19.3. The van der Waals surface area contributed by atoms with Gasteiger partial charge in [-0.25, -0.2) is 8.78 Å². The maximum atomic E-state index is 11.9. The van der Waals surface area contributed by atoms with Crippen LogP contribution in [0.25, 0.3) is 0 Å². The van der Waals surface area contributed by atoms with E-state index < -0.39 is 6.43 Å². The molecule has 20 heavy (non-hydrogen) atoms. The lowest BCUT2D eigenvalue weighted by Crippen LogP contribution is -1.99. The minimum atomic E-state index is -2.20. The van der Waals surface area contributed by atoms with Gasteiger partial charge < -0.3 is 9.53 Å². The smallest absolute Gasteiger partial charge is 0.238 e. The first kappa shape index (κ1) is 16.6. The molecule has 0 aliphatic rings. The van der Waals surface area contributed by atoms with Gasteiger partial charge in [0.15, 0.2) is 0 Å². The molecule has 0 unspecified atom stereocenters. The van der Waals surface area contributed by atoms with Crippen LogP contribution in [0.3, 0.4) is 0 Å². The molecular weight excluding hydrogens is 262 g/mol. The number of rotatable bonds is 10. The van der Waals surface area contributed by atoms with Crippen LogP contribution >= 0.6 is 0 Å². The monoisotopic (exact) mass is 284 g/mol. The molecule has 0 amide bonds. The van der Waals surface area contributed by atoms with Gasteiger partial charge in [-0.05, 0) is 50.3 Å². The van der Waals surface area contributed by atoms with Crippen LogP contribution in [0.15, 0.2) is 24.3 Å². The average molecular weight is 284 g/mol. The second-order valence-corrected chi connectivity index (χ2v) is 4.93. The van der Waals surface area contributed by atoms with Crippen molar-refractivity contribution < 1.29 is 18.3 Å². The Labute approximate surface area is 119 Å². The van der Waals surface area contributed by atoms with Crippen LogP contribution in [-0.2, 0) is 11.2 Å². The number of ether oxygens (including phenoxy) is 1. The number of unbranched alkanes of at least 4 members (excludes halogenated alkanes) is 2. The largest absolute Gasteiger partial charge is 0.494 e. The predicted molar refractivity (Wildman–Crippen MR) is 75.4 cm³/mol. The summed E-state index contributed by atoms with van der Waals surface area (Å²) in [7, 11) is 0. The number of alkyl halides is 2. The van der Waals surface area contributed by atoms with E-state index in [2.05, 4.69) is 0 Å². The molecule has 0 heterocycles. The molecule has 0 spiro atoms. The molecule has 1 aromatic rings. The summed E-state index contributed by atoms with van der Waals surface area (Å²) in [6.45, 7) is 2.14. The second kappa shape index (κ2) is 9.45. The number of hydrogen-bond acceptors (Lipinski definition) is 2. The molecule has 112 valence electrons. The van der Waals surface area contributed by atoms with Crippen LogP contribution in [-0.4, -0.2) is 18.8 Å². The second-order valence-electron chi connectivity index (χ2n) is 4.93. The number of Topliss-reactive ketones (excluding diaryl/α,β-unsaturated/α-hetero) is 1. The summed E-state index contributed by atoms with van der Waals surface area (Å²) in [5, 5.41) is 0. The van der Waals surface area contributed by atoms with Gasteiger partial charge in [-0.1, -0.05) is 12.1 Å². The summed E-state index contributed by atoms with van der Waals surface area (Å²) in [5.41, 5.74) is 1.12. The van der Waals surface area contributed by atoms with Gasteiger partial charge in [0.1, 0.15) is 11.5 Å². The first-order chi connectivity index (χ1) is 9.58. The zero-order valence-corrected chi connectivity index (χ0v) is 11.9. The number of halogens is 2. The normalized spacial score (nSPS) is 10.8. The molecule has 0 saturated carbocycles. The van der Waals surface area contributed by atoms with Crippen molar-refractivity contribution >= 4 is 5.78 Å². The molecule has 2 nitrogen and oxygen atoms in total. The van der Waals surface area contributed by atoms with Gasteiger partial charge in [-0.3, -0.25) is 0 Å². The molecule has 0 bridgehead atoms. The Kier molecular flexibility index (Phi) is 7.85. The van der Waals surface area contributed by atoms with E-state index in [1.807, 2.05) is 24.3 Å². The standard InChI is InChI=1S/C16H22F2O2/c1-13(19)6-7-14-8-10-15(11-9-14)20-12-4-2-3-5-16(17)18/h8-11,16H,2-7,12H2,1H3. The summed E-state index contributed by atoms with van der Waals surface area (Å²) in [5.74, 6) is 0.972. The quantitative estimate of drug-likeness (QED) is 0.595.